The molecule has 2 aromatic heterocycles. The first-order chi connectivity index (χ1) is 8.38. The molecule has 0 amide bonds. The predicted octanol–water partition coefficient (Wildman–Crippen LogP) is 0.778. The summed E-state index contributed by atoms with van der Waals surface area (Å²) < 4.78 is 5.08. The molecular formula is C12H12N4O. The Kier molecular flexibility index (Phi) is 3.84. The summed E-state index contributed by atoms with van der Waals surface area (Å²) in [5, 5.41) is 6.88. The summed E-state index contributed by atoms with van der Waals surface area (Å²) in [5.41, 5.74) is 1.10. The first kappa shape index (κ1) is 11.3. The van der Waals surface area contributed by atoms with E-state index in [0.29, 0.717) is 31.2 Å². The van der Waals surface area contributed by atoms with Crippen LogP contribution in [-0.2, 0) is 13.0 Å². The molecule has 0 saturated heterocycles. The lowest BCUT2D eigenvalue weighted by molar-refractivity contribution is 0.366. The highest BCUT2D eigenvalue weighted by Crippen LogP contribution is 2.05. The molecule has 0 radical (unpaired) electrons. The summed E-state index contributed by atoms with van der Waals surface area (Å²) in [6.45, 7) is 0.982. The summed E-state index contributed by atoms with van der Waals surface area (Å²) in [5.74, 6) is 3.68. The van der Waals surface area contributed by atoms with Gasteiger partial charge >= 0.3 is 0 Å². The van der Waals surface area contributed by atoms with Gasteiger partial charge in [0.05, 0.1) is 13.1 Å². The quantitative estimate of drug-likeness (QED) is 0.605. The van der Waals surface area contributed by atoms with Gasteiger partial charge in [-0.05, 0) is 17.7 Å². The Hall–Kier alpha value is -2.19. The van der Waals surface area contributed by atoms with Gasteiger partial charge in [0.2, 0.25) is 5.89 Å². The Bertz CT molecular complexity index is 501. The normalized spacial score (nSPS) is 10.1. The smallest absolute Gasteiger partial charge is 0.240 e. The van der Waals surface area contributed by atoms with E-state index in [4.69, 9.17) is 10.9 Å². The van der Waals surface area contributed by atoms with Crippen LogP contribution in [-0.4, -0.2) is 21.7 Å². The lowest BCUT2D eigenvalue weighted by Gasteiger charge is -1.94. The molecule has 0 aromatic carbocycles. The average molecular weight is 228 g/mol. The zero-order valence-corrected chi connectivity index (χ0v) is 9.26. The monoisotopic (exact) mass is 228 g/mol. The fourth-order valence-corrected chi connectivity index (χ4v) is 1.36. The molecule has 1 N–H and O–H groups in total. The van der Waals surface area contributed by atoms with Gasteiger partial charge in [-0.1, -0.05) is 11.1 Å². The highest BCUT2D eigenvalue weighted by atomic mass is 16.5. The Morgan fingerprint density at radius 1 is 1.35 bits per heavy atom. The molecule has 2 rings (SSSR count). The fraction of sp³-hybridized carbons (Fsp3) is 0.250. The van der Waals surface area contributed by atoms with E-state index in [0.717, 1.165) is 5.56 Å². The van der Waals surface area contributed by atoms with Crippen molar-refractivity contribution in [2.45, 2.75) is 13.0 Å². The molecule has 0 bridgehead atoms. The Balaban J connectivity index is 1.93. The van der Waals surface area contributed by atoms with Crippen LogP contribution in [0.25, 0.3) is 0 Å². The first-order valence-corrected chi connectivity index (χ1v) is 5.23. The molecule has 0 aliphatic carbocycles. The third-order valence-corrected chi connectivity index (χ3v) is 2.13. The van der Waals surface area contributed by atoms with Gasteiger partial charge in [0, 0.05) is 18.8 Å². The molecule has 86 valence electrons. The predicted molar refractivity (Wildman–Crippen MR) is 61.9 cm³/mol. The fourth-order valence-electron chi connectivity index (χ4n) is 1.36. The second-order valence-electron chi connectivity index (χ2n) is 3.44. The van der Waals surface area contributed by atoms with Gasteiger partial charge in [-0.15, -0.1) is 6.42 Å². The van der Waals surface area contributed by atoms with Crippen molar-refractivity contribution < 1.29 is 4.52 Å². The van der Waals surface area contributed by atoms with Crippen LogP contribution in [0.4, 0.5) is 0 Å². The number of hydrogen-bond acceptors (Lipinski definition) is 5. The topological polar surface area (TPSA) is 63.8 Å². The van der Waals surface area contributed by atoms with Crippen LogP contribution < -0.4 is 5.32 Å². The second-order valence-corrected chi connectivity index (χ2v) is 3.44. The van der Waals surface area contributed by atoms with Crippen LogP contribution in [0.15, 0.2) is 29.0 Å². The lowest BCUT2D eigenvalue weighted by Crippen LogP contribution is -2.13. The molecule has 17 heavy (non-hydrogen) atoms. The Labute approximate surface area is 99.3 Å². The van der Waals surface area contributed by atoms with Crippen molar-refractivity contribution in [3.63, 3.8) is 0 Å². The maximum absolute atomic E-state index is 5.11. The van der Waals surface area contributed by atoms with Gasteiger partial charge in [-0.2, -0.15) is 4.98 Å². The molecule has 5 nitrogen and oxygen atoms in total. The lowest BCUT2D eigenvalue weighted by atomic mass is 10.2. The number of pyridine rings is 1. The zero-order valence-electron chi connectivity index (χ0n) is 9.26. The van der Waals surface area contributed by atoms with Gasteiger partial charge in [-0.25, -0.2) is 0 Å². The van der Waals surface area contributed by atoms with E-state index >= 15 is 0 Å². The number of terminal acetylenes is 1. The van der Waals surface area contributed by atoms with Crippen molar-refractivity contribution >= 4 is 0 Å². The first-order valence-electron chi connectivity index (χ1n) is 5.23. The van der Waals surface area contributed by atoms with E-state index in [2.05, 4.69) is 26.4 Å². The van der Waals surface area contributed by atoms with Crippen molar-refractivity contribution in [1.82, 2.24) is 20.4 Å². The van der Waals surface area contributed by atoms with E-state index in [1.54, 1.807) is 12.4 Å². The van der Waals surface area contributed by atoms with Gasteiger partial charge < -0.3 is 4.52 Å². The molecule has 5 heteroatoms. The molecule has 0 fully saturated rings. The van der Waals surface area contributed by atoms with Crippen LogP contribution in [0.2, 0.25) is 0 Å². The van der Waals surface area contributed by atoms with Gasteiger partial charge in [0.1, 0.15) is 0 Å². The average Bonchev–Trinajstić information content (AvgIpc) is 2.79. The highest BCUT2D eigenvalue weighted by molar-refractivity contribution is 5.14. The zero-order chi connectivity index (χ0) is 11.9. The summed E-state index contributed by atoms with van der Waals surface area (Å²) in [6.07, 6.45) is 9.24. The number of rotatable bonds is 5. The minimum Gasteiger partial charge on any atom is -0.338 e. The van der Waals surface area contributed by atoms with E-state index < -0.39 is 0 Å². The van der Waals surface area contributed by atoms with Crippen molar-refractivity contribution in [2.75, 3.05) is 6.54 Å². The van der Waals surface area contributed by atoms with Gasteiger partial charge in [0.25, 0.3) is 0 Å². The second kappa shape index (κ2) is 5.77. The van der Waals surface area contributed by atoms with E-state index in [-0.39, 0.29) is 0 Å². The standard InChI is InChI=1S/C12H12N4O/c1-2-5-14-9-12-15-11(16-17-12)8-10-3-6-13-7-4-10/h1,3-4,6-7,14H,5,8-9H2. The Morgan fingerprint density at radius 2 is 2.18 bits per heavy atom. The third kappa shape index (κ3) is 3.40. The largest absolute Gasteiger partial charge is 0.338 e. The van der Waals surface area contributed by atoms with Crippen molar-refractivity contribution in [3.8, 4) is 12.3 Å². The summed E-state index contributed by atoms with van der Waals surface area (Å²) >= 11 is 0. The SMILES string of the molecule is C#CCNCc1nc(Cc2ccncc2)no1. The van der Waals surface area contributed by atoms with Crippen molar-refractivity contribution in [2.24, 2.45) is 0 Å². The number of hydrogen-bond donors (Lipinski definition) is 1. The molecule has 0 unspecified atom stereocenters. The maximum atomic E-state index is 5.11. The van der Waals surface area contributed by atoms with Crippen LogP contribution in [0.1, 0.15) is 17.3 Å². The van der Waals surface area contributed by atoms with E-state index in [1.165, 1.54) is 0 Å². The van der Waals surface area contributed by atoms with Gasteiger partial charge in [0.15, 0.2) is 5.82 Å². The summed E-state index contributed by atoms with van der Waals surface area (Å²) in [7, 11) is 0. The molecule has 2 heterocycles. The highest BCUT2D eigenvalue weighted by Gasteiger charge is 2.06. The molecule has 0 aliphatic rings. The molecule has 0 atom stereocenters. The maximum Gasteiger partial charge on any atom is 0.240 e. The molecule has 0 saturated carbocycles. The van der Waals surface area contributed by atoms with Gasteiger partial charge in [-0.3, -0.25) is 10.3 Å². The van der Waals surface area contributed by atoms with Crippen LogP contribution in [0, 0.1) is 12.3 Å². The van der Waals surface area contributed by atoms with Crippen molar-refractivity contribution in [1.29, 1.82) is 0 Å². The molecule has 2 aromatic rings. The van der Waals surface area contributed by atoms with Crippen LogP contribution >= 0.6 is 0 Å². The molecule has 0 spiro atoms. The van der Waals surface area contributed by atoms with E-state index in [1.807, 2.05) is 12.1 Å². The Morgan fingerprint density at radius 3 is 2.94 bits per heavy atom. The minimum atomic E-state index is 0.488. The number of nitrogens with one attached hydrogen (secondary N) is 1. The number of nitrogens with zero attached hydrogens (tertiary/aromatic N) is 3. The minimum absolute atomic E-state index is 0.488. The molecule has 0 aliphatic heterocycles. The summed E-state index contributed by atoms with van der Waals surface area (Å²) in [4.78, 5) is 8.20. The third-order valence-electron chi connectivity index (χ3n) is 2.13. The summed E-state index contributed by atoms with van der Waals surface area (Å²) in [6, 6.07) is 3.85. The van der Waals surface area contributed by atoms with E-state index in [9.17, 15) is 0 Å². The van der Waals surface area contributed by atoms with Crippen LogP contribution in [0.5, 0.6) is 0 Å². The molecular weight excluding hydrogens is 216 g/mol. The number of aromatic nitrogens is 3. The van der Waals surface area contributed by atoms with Crippen molar-refractivity contribution in [3.05, 3.63) is 41.8 Å². The van der Waals surface area contributed by atoms with Crippen LogP contribution in [0.3, 0.4) is 0 Å².